The second-order valence-electron chi connectivity index (χ2n) is 10.7. The molecule has 0 N–H and O–H groups in total. The van der Waals surface area contributed by atoms with Crippen LogP contribution in [0.4, 0.5) is 5.69 Å². The predicted molar refractivity (Wildman–Crippen MR) is 188 cm³/mol. The molecule has 3 heterocycles. The number of carbonyl (C=O) groups is 1. The number of fused-ring (bicyclic) bond motifs is 1. The molecule has 48 heavy (non-hydrogen) atoms. The molecule has 1 aliphatic rings. The number of carbonyl (C=O) groups excluding carboxylic acids is 1. The number of benzene rings is 3. The fourth-order valence-corrected chi connectivity index (χ4v) is 7.74. The fourth-order valence-electron chi connectivity index (χ4n) is 5.38. The van der Waals surface area contributed by atoms with Gasteiger partial charge in [0.05, 0.1) is 38.3 Å². The van der Waals surface area contributed by atoms with Crippen LogP contribution in [-0.4, -0.2) is 38.3 Å². The van der Waals surface area contributed by atoms with E-state index in [1.54, 1.807) is 36.9 Å². The van der Waals surface area contributed by atoms with Crippen molar-refractivity contribution in [2.75, 3.05) is 12.9 Å². The number of ether oxygens (including phenoxy) is 1. The lowest BCUT2D eigenvalue weighted by Gasteiger charge is -2.26. The van der Waals surface area contributed by atoms with Crippen molar-refractivity contribution >= 4 is 58.3 Å². The third kappa shape index (κ3) is 6.75. The summed E-state index contributed by atoms with van der Waals surface area (Å²) in [5.41, 5.74) is 3.59. The first-order valence-electron chi connectivity index (χ1n) is 14.9. The van der Waals surface area contributed by atoms with Gasteiger partial charge in [-0.2, -0.15) is 0 Å². The van der Waals surface area contributed by atoms with E-state index in [1.165, 1.54) is 10.6 Å². The summed E-state index contributed by atoms with van der Waals surface area (Å²) in [5, 5.41) is 12.6. The second kappa shape index (κ2) is 14.1. The first kappa shape index (κ1) is 33.1. The first-order chi connectivity index (χ1) is 23.2. The Morgan fingerprint density at radius 1 is 1.04 bits per heavy atom. The summed E-state index contributed by atoms with van der Waals surface area (Å²) in [5.74, 6) is -0.565. The van der Waals surface area contributed by atoms with Crippen molar-refractivity contribution in [1.29, 1.82) is 0 Å². The van der Waals surface area contributed by atoms with Crippen LogP contribution in [0.15, 0.2) is 109 Å². The Hall–Kier alpha value is -4.85. The smallest absolute Gasteiger partial charge is 0.338 e. The number of thiazole rings is 1. The number of thioether (sulfide) groups is 1. The topological polar surface area (TPSA) is 130 Å². The van der Waals surface area contributed by atoms with E-state index >= 15 is 0 Å². The molecule has 6 rings (SSSR count). The highest BCUT2D eigenvalue weighted by Crippen LogP contribution is 2.36. The molecule has 0 amide bonds. The van der Waals surface area contributed by atoms with Crippen molar-refractivity contribution in [1.82, 2.24) is 14.5 Å². The van der Waals surface area contributed by atoms with Gasteiger partial charge >= 0.3 is 5.97 Å². The second-order valence-corrected chi connectivity index (χ2v) is 13.6. The van der Waals surface area contributed by atoms with Gasteiger partial charge in [-0.25, -0.2) is 19.8 Å². The Morgan fingerprint density at radius 3 is 2.40 bits per heavy atom. The van der Waals surface area contributed by atoms with Crippen LogP contribution in [0, 0.1) is 24.0 Å². The van der Waals surface area contributed by atoms with Gasteiger partial charge in [-0.05, 0) is 80.3 Å². The van der Waals surface area contributed by atoms with Crippen LogP contribution in [-0.2, 0) is 9.53 Å². The number of rotatable bonds is 9. The van der Waals surface area contributed by atoms with Crippen molar-refractivity contribution in [2.24, 2.45) is 4.99 Å². The molecule has 13 heteroatoms. The number of nitro groups is 1. The summed E-state index contributed by atoms with van der Waals surface area (Å²) in [6, 6.07) is 22.8. The molecule has 0 fully saturated rings. The number of esters is 1. The number of aryl methyl sites for hydroxylation is 2. The Bertz CT molecular complexity index is 2240. The largest absolute Gasteiger partial charge is 0.463 e. The minimum absolute atomic E-state index is 0.132. The summed E-state index contributed by atoms with van der Waals surface area (Å²) < 4.78 is 7.36. The Balaban J connectivity index is 1.52. The molecule has 10 nitrogen and oxygen atoms in total. The van der Waals surface area contributed by atoms with Crippen LogP contribution in [0.3, 0.4) is 0 Å². The Labute approximate surface area is 288 Å². The summed E-state index contributed by atoms with van der Waals surface area (Å²) in [4.78, 5) is 55.1. The summed E-state index contributed by atoms with van der Waals surface area (Å²) in [6.45, 7) is 5.56. The Morgan fingerprint density at radius 2 is 1.75 bits per heavy atom. The fraction of sp³-hybridized carbons (Fsp3) is 0.171. The predicted octanol–water partition coefficient (Wildman–Crippen LogP) is 6.12. The highest BCUT2D eigenvalue weighted by molar-refractivity contribution is 7.99. The van der Waals surface area contributed by atoms with Crippen LogP contribution < -0.4 is 14.9 Å². The van der Waals surface area contributed by atoms with Crippen molar-refractivity contribution in [3.63, 3.8) is 0 Å². The standard InChI is InChI=1S/C35H29N5O5S3/c1-5-45-33(42)29-30(23-9-7-6-8-10-23)38-35-39(31(29)24-12-14-25(46-4)15-13-24)32(41)28(48-35)19-22-11-16-27(26(18-22)40(43)44)47-34-36-20(2)17-21(3)37-34/h6-19,31H,5H2,1-4H3/b28-19+/t31-/m0/s1. The summed E-state index contributed by atoms with van der Waals surface area (Å²) in [6.07, 6.45) is 3.59. The molecule has 242 valence electrons. The molecule has 0 radical (unpaired) electrons. The SMILES string of the molecule is CCOC(=O)C1=C(c2ccccc2)N=c2s/c(=C/c3ccc(Sc4nc(C)cc(C)n4)c([N+](=O)[O-])c3)c(=O)n2[C@H]1c1ccc(SC)cc1. The molecule has 3 aromatic carbocycles. The van der Waals surface area contributed by atoms with Crippen molar-refractivity contribution in [3.05, 3.63) is 142 Å². The average molecular weight is 696 g/mol. The molecule has 1 atom stereocenters. The van der Waals surface area contributed by atoms with Crippen molar-refractivity contribution in [2.45, 2.75) is 41.8 Å². The zero-order chi connectivity index (χ0) is 33.9. The molecular formula is C35H29N5O5S3. The van der Waals surface area contributed by atoms with Crippen LogP contribution in [0.25, 0.3) is 11.8 Å². The van der Waals surface area contributed by atoms with Gasteiger partial charge in [0.2, 0.25) is 0 Å². The van der Waals surface area contributed by atoms with Gasteiger partial charge in [0.15, 0.2) is 9.96 Å². The van der Waals surface area contributed by atoms with Crippen LogP contribution in [0.1, 0.15) is 41.0 Å². The lowest BCUT2D eigenvalue weighted by molar-refractivity contribution is -0.387. The molecule has 2 aromatic heterocycles. The average Bonchev–Trinajstić information content (AvgIpc) is 3.38. The van der Waals surface area contributed by atoms with Gasteiger partial charge in [-0.15, -0.1) is 11.8 Å². The first-order valence-corrected chi connectivity index (χ1v) is 17.7. The van der Waals surface area contributed by atoms with E-state index in [9.17, 15) is 19.7 Å². The van der Waals surface area contributed by atoms with E-state index < -0.39 is 16.9 Å². The highest BCUT2D eigenvalue weighted by atomic mass is 32.2. The number of nitrogens with zero attached hydrogens (tertiary/aromatic N) is 5. The molecule has 0 saturated heterocycles. The van der Waals surface area contributed by atoms with Gasteiger partial charge in [-0.3, -0.25) is 19.5 Å². The number of hydrogen-bond donors (Lipinski definition) is 0. The number of nitro benzene ring substituents is 1. The molecular weight excluding hydrogens is 667 g/mol. The zero-order valence-electron chi connectivity index (χ0n) is 26.4. The summed E-state index contributed by atoms with van der Waals surface area (Å²) >= 11 is 3.85. The minimum atomic E-state index is -0.820. The van der Waals surface area contributed by atoms with Gasteiger partial charge in [0, 0.05) is 27.9 Å². The van der Waals surface area contributed by atoms with Gasteiger partial charge in [0.25, 0.3) is 11.2 Å². The van der Waals surface area contributed by atoms with E-state index in [4.69, 9.17) is 9.73 Å². The molecule has 1 aliphatic heterocycles. The third-order valence-corrected chi connectivity index (χ3v) is 10.1. The lowest BCUT2D eigenvalue weighted by atomic mass is 9.93. The maximum atomic E-state index is 14.2. The van der Waals surface area contributed by atoms with Crippen molar-refractivity contribution < 1.29 is 14.5 Å². The number of aromatic nitrogens is 3. The van der Waals surface area contributed by atoms with E-state index in [1.807, 2.05) is 80.8 Å². The monoisotopic (exact) mass is 695 g/mol. The van der Waals surface area contributed by atoms with Crippen LogP contribution in [0.2, 0.25) is 0 Å². The van der Waals surface area contributed by atoms with E-state index in [2.05, 4.69) is 9.97 Å². The molecule has 5 aromatic rings. The third-order valence-electron chi connectivity index (χ3n) is 7.45. The maximum Gasteiger partial charge on any atom is 0.338 e. The van der Waals surface area contributed by atoms with Crippen molar-refractivity contribution in [3.8, 4) is 0 Å². The molecule has 0 unspecified atom stereocenters. The quantitative estimate of drug-likeness (QED) is 0.0589. The van der Waals surface area contributed by atoms with E-state index in [0.717, 1.165) is 44.9 Å². The van der Waals surface area contributed by atoms with Crippen LogP contribution in [0.5, 0.6) is 0 Å². The number of hydrogen-bond acceptors (Lipinski definition) is 11. The van der Waals surface area contributed by atoms with Crippen LogP contribution >= 0.6 is 34.9 Å². The minimum Gasteiger partial charge on any atom is -0.463 e. The lowest BCUT2D eigenvalue weighted by Crippen LogP contribution is -2.40. The highest BCUT2D eigenvalue weighted by Gasteiger charge is 2.35. The zero-order valence-corrected chi connectivity index (χ0v) is 28.8. The van der Waals surface area contributed by atoms with E-state index in [-0.39, 0.29) is 23.4 Å². The molecule has 0 bridgehead atoms. The maximum absolute atomic E-state index is 14.2. The van der Waals surface area contributed by atoms with Gasteiger partial charge < -0.3 is 4.74 Å². The van der Waals surface area contributed by atoms with Gasteiger partial charge in [0.1, 0.15) is 0 Å². The summed E-state index contributed by atoms with van der Waals surface area (Å²) in [7, 11) is 0. The molecule has 0 saturated carbocycles. The van der Waals surface area contributed by atoms with E-state index in [0.29, 0.717) is 36.2 Å². The van der Waals surface area contributed by atoms with Gasteiger partial charge in [-0.1, -0.05) is 59.9 Å². The molecule has 0 aliphatic carbocycles. The molecule has 0 spiro atoms. The normalized spacial score (nSPS) is 14.4. The Kier molecular flexibility index (Phi) is 9.71.